The van der Waals surface area contributed by atoms with Crippen molar-refractivity contribution < 1.29 is 4.74 Å². The Bertz CT molecular complexity index is 588. The lowest BCUT2D eigenvalue weighted by Gasteiger charge is -2.32. The van der Waals surface area contributed by atoms with Crippen molar-refractivity contribution in [3.05, 3.63) is 29.3 Å². The molecule has 1 unspecified atom stereocenters. The van der Waals surface area contributed by atoms with Crippen molar-refractivity contribution in [1.82, 2.24) is 0 Å². The van der Waals surface area contributed by atoms with Crippen LogP contribution in [0.15, 0.2) is 18.2 Å². The first-order chi connectivity index (χ1) is 12.3. The molecule has 0 saturated heterocycles. The minimum Gasteiger partial charge on any atom is -0.478 e. The van der Waals surface area contributed by atoms with Gasteiger partial charge in [0.15, 0.2) is 6.61 Å². The summed E-state index contributed by atoms with van der Waals surface area (Å²) in [6, 6.07) is 8.52. The zero-order valence-corrected chi connectivity index (χ0v) is 15.8. The molecule has 1 aromatic carbocycles. The monoisotopic (exact) mass is 339 g/mol. The summed E-state index contributed by atoms with van der Waals surface area (Å²) < 4.78 is 5.68. The van der Waals surface area contributed by atoms with Crippen LogP contribution in [0, 0.1) is 29.1 Å². The molecule has 1 aromatic rings. The summed E-state index contributed by atoms with van der Waals surface area (Å²) in [4.78, 5) is 0. The average molecular weight is 340 g/mol. The van der Waals surface area contributed by atoms with Gasteiger partial charge in [-0.15, -0.1) is 0 Å². The van der Waals surface area contributed by atoms with Gasteiger partial charge in [0.2, 0.25) is 0 Å². The molecule has 2 heteroatoms. The molecule has 3 rings (SSSR count). The van der Waals surface area contributed by atoms with Crippen molar-refractivity contribution in [3.63, 3.8) is 0 Å². The van der Waals surface area contributed by atoms with Gasteiger partial charge in [-0.1, -0.05) is 64.0 Å². The first-order valence-electron chi connectivity index (χ1n) is 10.4. The van der Waals surface area contributed by atoms with E-state index >= 15 is 0 Å². The lowest BCUT2D eigenvalue weighted by molar-refractivity contribution is 0.268. The van der Waals surface area contributed by atoms with Gasteiger partial charge in [-0.3, -0.25) is 0 Å². The standard InChI is InChI=1S/C23H33NO/c1-2-3-4-5-6-7-9-18-12-13-20-17-22-19(16-21(18)20)10-8-11-23(22)25-15-14-24/h8,10-11,18,20-21H,2-7,9,12-13,15-17H2,1H3/t18?,20-,21-/m1/s1. The van der Waals surface area contributed by atoms with Crippen LogP contribution >= 0.6 is 0 Å². The molecule has 0 bridgehead atoms. The minimum absolute atomic E-state index is 0.158. The van der Waals surface area contributed by atoms with Crippen LogP contribution in [0.25, 0.3) is 0 Å². The van der Waals surface area contributed by atoms with Gasteiger partial charge >= 0.3 is 0 Å². The molecule has 2 aliphatic rings. The van der Waals surface area contributed by atoms with E-state index in [0.29, 0.717) is 0 Å². The second-order valence-electron chi connectivity index (χ2n) is 8.07. The predicted octanol–water partition coefficient (Wildman–Crippen LogP) is 6.08. The smallest absolute Gasteiger partial charge is 0.174 e. The maximum absolute atomic E-state index is 8.79. The molecule has 0 N–H and O–H groups in total. The molecule has 0 aliphatic heterocycles. The number of unbranched alkanes of at least 4 members (excludes halogenated alkanes) is 5. The third-order valence-electron chi connectivity index (χ3n) is 6.49. The van der Waals surface area contributed by atoms with Crippen LogP contribution in [0.2, 0.25) is 0 Å². The van der Waals surface area contributed by atoms with Gasteiger partial charge in [0.25, 0.3) is 0 Å². The number of nitriles is 1. The molecule has 2 aliphatic carbocycles. The quantitative estimate of drug-likeness (QED) is 0.511. The van der Waals surface area contributed by atoms with Crippen LogP contribution in [0.4, 0.5) is 0 Å². The highest BCUT2D eigenvalue weighted by Crippen LogP contribution is 2.48. The summed E-state index contributed by atoms with van der Waals surface area (Å²) in [5.41, 5.74) is 2.87. The first-order valence-corrected chi connectivity index (χ1v) is 10.4. The average Bonchev–Trinajstić information content (AvgIpc) is 3.03. The van der Waals surface area contributed by atoms with Crippen LogP contribution in [0.5, 0.6) is 5.75 Å². The lowest BCUT2D eigenvalue weighted by atomic mass is 9.73. The Morgan fingerprint density at radius 3 is 2.76 bits per heavy atom. The van der Waals surface area contributed by atoms with Crippen LogP contribution < -0.4 is 4.74 Å². The summed E-state index contributed by atoms with van der Waals surface area (Å²) in [6.45, 7) is 2.45. The van der Waals surface area contributed by atoms with Crippen LogP contribution in [0.3, 0.4) is 0 Å². The number of ether oxygens (including phenoxy) is 1. The maximum Gasteiger partial charge on any atom is 0.174 e. The van der Waals surface area contributed by atoms with E-state index in [1.165, 1.54) is 75.3 Å². The highest BCUT2D eigenvalue weighted by Gasteiger charge is 2.39. The van der Waals surface area contributed by atoms with E-state index in [1.54, 1.807) is 0 Å². The molecular formula is C23H33NO. The highest BCUT2D eigenvalue weighted by molar-refractivity contribution is 5.43. The van der Waals surface area contributed by atoms with E-state index in [2.05, 4.69) is 25.1 Å². The topological polar surface area (TPSA) is 33.0 Å². The summed E-state index contributed by atoms with van der Waals surface area (Å²) in [5, 5.41) is 8.79. The van der Waals surface area contributed by atoms with Crippen molar-refractivity contribution in [2.24, 2.45) is 17.8 Å². The van der Waals surface area contributed by atoms with Gasteiger partial charge in [-0.05, 0) is 60.6 Å². The highest BCUT2D eigenvalue weighted by atomic mass is 16.5. The van der Waals surface area contributed by atoms with Crippen molar-refractivity contribution in [2.45, 2.75) is 77.6 Å². The number of nitrogens with zero attached hydrogens (tertiary/aromatic N) is 1. The second-order valence-corrected chi connectivity index (χ2v) is 8.07. The maximum atomic E-state index is 8.79. The van der Waals surface area contributed by atoms with Gasteiger partial charge in [0.05, 0.1) is 0 Å². The summed E-state index contributed by atoms with van der Waals surface area (Å²) >= 11 is 0. The fraction of sp³-hybridized carbons (Fsp3) is 0.696. The Balaban J connectivity index is 1.55. The third-order valence-corrected chi connectivity index (χ3v) is 6.49. The Hall–Kier alpha value is -1.49. The molecule has 1 saturated carbocycles. The normalized spacial score (nSPS) is 24.4. The van der Waals surface area contributed by atoms with E-state index in [1.807, 2.05) is 6.07 Å². The lowest BCUT2D eigenvalue weighted by Crippen LogP contribution is -2.25. The Kier molecular flexibility index (Phi) is 6.79. The molecule has 136 valence electrons. The molecule has 3 atom stereocenters. The van der Waals surface area contributed by atoms with Crippen molar-refractivity contribution >= 4 is 0 Å². The zero-order valence-electron chi connectivity index (χ0n) is 15.8. The molecule has 0 amide bonds. The Labute approximate surface area is 153 Å². The first kappa shape index (κ1) is 18.3. The molecule has 1 fully saturated rings. The summed E-state index contributed by atoms with van der Waals surface area (Å²) in [5.74, 6) is 3.61. The number of rotatable bonds is 9. The van der Waals surface area contributed by atoms with Crippen LogP contribution in [-0.4, -0.2) is 6.61 Å². The van der Waals surface area contributed by atoms with E-state index in [4.69, 9.17) is 10.00 Å². The van der Waals surface area contributed by atoms with E-state index in [9.17, 15) is 0 Å². The molecule has 0 heterocycles. The second kappa shape index (κ2) is 9.27. The van der Waals surface area contributed by atoms with Gasteiger partial charge in [0.1, 0.15) is 11.8 Å². The Morgan fingerprint density at radius 1 is 1.08 bits per heavy atom. The van der Waals surface area contributed by atoms with Gasteiger partial charge in [-0.2, -0.15) is 5.26 Å². The Morgan fingerprint density at radius 2 is 1.92 bits per heavy atom. The predicted molar refractivity (Wildman–Crippen MR) is 103 cm³/mol. The molecule has 0 radical (unpaired) electrons. The van der Waals surface area contributed by atoms with E-state index in [0.717, 1.165) is 29.9 Å². The van der Waals surface area contributed by atoms with Gasteiger partial charge in [-0.25, -0.2) is 0 Å². The summed E-state index contributed by atoms with van der Waals surface area (Å²) in [6.07, 6.45) is 15.1. The largest absolute Gasteiger partial charge is 0.478 e. The van der Waals surface area contributed by atoms with Crippen molar-refractivity contribution in [1.29, 1.82) is 5.26 Å². The molecule has 0 aromatic heterocycles. The molecule has 0 spiro atoms. The van der Waals surface area contributed by atoms with E-state index < -0.39 is 0 Å². The van der Waals surface area contributed by atoms with Crippen LogP contribution in [0.1, 0.15) is 75.8 Å². The number of hydrogen-bond donors (Lipinski definition) is 0. The summed E-state index contributed by atoms with van der Waals surface area (Å²) in [7, 11) is 0. The van der Waals surface area contributed by atoms with Crippen LogP contribution in [-0.2, 0) is 12.8 Å². The SMILES string of the molecule is CCCCCCCCC1CC[C@@H]2Cc3c(cccc3OCC#N)C[C@H]12. The van der Waals surface area contributed by atoms with Crippen molar-refractivity contribution in [3.8, 4) is 11.8 Å². The fourth-order valence-corrected chi connectivity index (χ4v) is 5.17. The number of fused-ring (bicyclic) bond motifs is 2. The number of hydrogen-bond acceptors (Lipinski definition) is 2. The fourth-order valence-electron chi connectivity index (χ4n) is 5.17. The third kappa shape index (κ3) is 4.57. The van der Waals surface area contributed by atoms with E-state index in [-0.39, 0.29) is 6.61 Å². The van der Waals surface area contributed by atoms with Gasteiger partial charge in [0, 0.05) is 0 Å². The van der Waals surface area contributed by atoms with Gasteiger partial charge < -0.3 is 4.74 Å². The zero-order chi connectivity index (χ0) is 17.5. The molecule has 25 heavy (non-hydrogen) atoms. The minimum atomic E-state index is 0.158. The van der Waals surface area contributed by atoms with Crippen molar-refractivity contribution in [2.75, 3.05) is 6.61 Å². The number of benzene rings is 1. The molecular weight excluding hydrogens is 306 g/mol. The molecule has 2 nitrogen and oxygen atoms in total.